The van der Waals surface area contributed by atoms with Gasteiger partial charge in [0.25, 0.3) is 22.2 Å². The molecule has 0 bridgehead atoms. The number of benzene rings is 5. The lowest BCUT2D eigenvalue weighted by Gasteiger charge is -2.02. The predicted molar refractivity (Wildman–Crippen MR) is 351 cm³/mol. The number of pyridine rings is 7. The van der Waals surface area contributed by atoms with Crippen molar-refractivity contribution < 1.29 is 0 Å². The molecule has 0 amide bonds. The quantitative estimate of drug-likeness (QED) is 0.129. The first kappa shape index (κ1) is 56.2. The molecule has 0 aliphatic heterocycles. The lowest BCUT2D eigenvalue weighted by Crippen LogP contribution is -2.14. The van der Waals surface area contributed by atoms with E-state index in [-0.39, 0.29) is 22.2 Å². The maximum Gasteiger partial charge on any atom is 0.280 e. The van der Waals surface area contributed by atoms with E-state index in [1.54, 1.807) is 60.2 Å². The Hall–Kier alpha value is -11.0. The van der Waals surface area contributed by atoms with Crippen LogP contribution in [0, 0.1) is 41.5 Å². The van der Waals surface area contributed by atoms with Crippen LogP contribution in [0.4, 0.5) is 0 Å². The SMILES string of the molecule is Cc1ccc(-n2[nH]c3c(cnc4cc(Br)ccc43)c2=O)cn1.Cc1ccc(-n2[nH]c3c(cnc4cc(C)ccc43)c2=O)cc1.Cc1ccc(-n2[nH]c3c(cnc4ccc(Cl)cc43)c2=O)cn1.Cc1ccc2c(c1)ncc1c(=O)n(-c3ccc(C)nc3)[nH]c12. The standard InChI is InChI=1S/C18H15N3O.C17H14N4O.C16H11BrN4O.C16H11ClN4O/c1-11-3-6-13(7-4-11)21-18(22)15-10-19-16-9-12(2)5-8-14(16)17(15)20-21;1-10-3-6-13-15(7-10)19-9-14-16(13)20-21(17(14)22)12-5-4-11(2)18-8-12;1-9-2-4-11(7-18-9)21-16(22)13-8-19-14-6-10(17)3-5-12(14)15(13)20-21;1-9-2-4-11(7-18-9)21-16(22)13-8-19-14-5-3-10(17)6-12(14)15(13)20-21/h3-10,20H,1-2H3;3-9,20H,1-2H3;2*2-8,20H,1H3. The van der Waals surface area contributed by atoms with E-state index < -0.39 is 0 Å². The molecule has 0 saturated heterocycles. The fraction of sp³-hybridized carbons (Fsp3) is 0.0896. The van der Waals surface area contributed by atoms with Gasteiger partial charge in [0, 0.05) is 72.9 Å². The van der Waals surface area contributed by atoms with Gasteiger partial charge >= 0.3 is 0 Å². The van der Waals surface area contributed by atoms with Gasteiger partial charge in [0.2, 0.25) is 0 Å². The lowest BCUT2D eigenvalue weighted by molar-refractivity contribution is 0.856. The van der Waals surface area contributed by atoms with Gasteiger partial charge in [-0.15, -0.1) is 0 Å². The first-order valence-corrected chi connectivity index (χ1v) is 28.9. The summed E-state index contributed by atoms with van der Waals surface area (Å²) >= 11 is 9.50. The van der Waals surface area contributed by atoms with E-state index in [2.05, 4.69) is 71.2 Å². The summed E-state index contributed by atoms with van der Waals surface area (Å²) in [4.78, 5) is 80.6. The number of H-pyrrole nitrogens is 4. The van der Waals surface area contributed by atoms with Crippen molar-refractivity contribution in [2.75, 3.05) is 0 Å². The highest BCUT2D eigenvalue weighted by Crippen LogP contribution is 2.28. The number of aromatic nitrogens is 15. The molecular formula is C67H51BrClN15O4. The van der Waals surface area contributed by atoms with Gasteiger partial charge in [-0.25, -0.2) is 18.7 Å². The van der Waals surface area contributed by atoms with Gasteiger partial charge in [-0.1, -0.05) is 69.5 Å². The van der Waals surface area contributed by atoms with Gasteiger partial charge in [-0.3, -0.25) is 74.5 Å². The molecule has 0 aliphatic rings. The van der Waals surface area contributed by atoms with Gasteiger partial charge in [0.05, 0.1) is 107 Å². The number of halogens is 2. The third-order valence-corrected chi connectivity index (χ3v) is 15.8. The van der Waals surface area contributed by atoms with Crippen LogP contribution in [0.2, 0.25) is 5.02 Å². The second-order valence-corrected chi connectivity index (χ2v) is 22.7. The monoisotopic (exact) mass is 1240 g/mol. The van der Waals surface area contributed by atoms with Crippen molar-refractivity contribution in [1.29, 1.82) is 0 Å². The third-order valence-electron chi connectivity index (χ3n) is 15.1. The maximum atomic E-state index is 12.6. The molecule has 0 fully saturated rings. The van der Waals surface area contributed by atoms with Crippen LogP contribution >= 0.6 is 27.5 Å². The first-order valence-electron chi connectivity index (χ1n) is 27.8. The first-order chi connectivity index (χ1) is 42.5. The highest BCUT2D eigenvalue weighted by molar-refractivity contribution is 9.10. The number of hydrogen-bond acceptors (Lipinski definition) is 11. The summed E-state index contributed by atoms with van der Waals surface area (Å²) in [6.45, 7) is 11.8. The van der Waals surface area contributed by atoms with Crippen LogP contribution < -0.4 is 22.2 Å². The molecule has 19 nitrogen and oxygen atoms in total. The molecule has 0 aliphatic carbocycles. The summed E-state index contributed by atoms with van der Waals surface area (Å²) < 4.78 is 7.01. The summed E-state index contributed by atoms with van der Waals surface area (Å²) in [7, 11) is 0. The van der Waals surface area contributed by atoms with Gasteiger partial charge in [-0.05, 0) is 150 Å². The Morgan fingerprint density at radius 3 is 1.06 bits per heavy atom. The smallest absolute Gasteiger partial charge is 0.280 e. The topological polar surface area (TPSA) is 241 Å². The normalized spacial score (nSPS) is 11.4. The number of nitrogens with zero attached hydrogens (tertiary/aromatic N) is 11. The van der Waals surface area contributed by atoms with Gasteiger partial charge in [0.1, 0.15) is 0 Å². The Bertz CT molecular complexity index is 5230. The average Bonchev–Trinajstić information content (AvgIpc) is 2.10. The molecule has 4 N–H and O–H groups in total. The fourth-order valence-corrected chi connectivity index (χ4v) is 10.9. The van der Waals surface area contributed by atoms with E-state index in [0.717, 1.165) is 110 Å². The fourth-order valence-electron chi connectivity index (χ4n) is 10.4. The van der Waals surface area contributed by atoms with E-state index in [1.807, 2.05) is 163 Å². The molecule has 16 rings (SSSR count). The Labute approximate surface area is 511 Å². The molecule has 0 saturated carbocycles. The Balaban J connectivity index is 0.000000108. The minimum absolute atomic E-state index is 0.0752. The van der Waals surface area contributed by atoms with E-state index in [9.17, 15) is 19.2 Å². The lowest BCUT2D eigenvalue weighted by atomic mass is 10.1. The Morgan fingerprint density at radius 1 is 0.318 bits per heavy atom. The van der Waals surface area contributed by atoms with Gasteiger partial charge in [0.15, 0.2) is 0 Å². The zero-order valence-electron chi connectivity index (χ0n) is 48.1. The molecule has 21 heteroatoms. The molecular weight excluding hydrogens is 1190 g/mol. The van der Waals surface area contributed by atoms with Crippen LogP contribution in [0.5, 0.6) is 0 Å². The van der Waals surface area contributed by atoms with Crippen LogP contribution in [0.25, 0.3) is 110 Å². The number of hydrogen-bond donors (Lipinski definition) is 4. The predicted octanol–water partition coefficient (Wildman–Crippen LogP) is 12.9. The van der Waals surface area contributed by atoms with Gasteiger partial charge in [-0.2, -0.15) is 0 Å². The minimum Gasteiger partial charge on any atom is -0.290 e. The van der Waals surface area contributed by atoms with Crippen LogP contribution in [0.3, 0.4) is 0 Å². The Morgan fingerprint density at radius 2 is 0.659 bits per heavy atom. The second kappa shape index (κ2) is 22.8. The van der Waals surface area contributed by atoms with Crippen molar-refractivity contribution >= 4 is 115 Å². The zero-order chi connectivity index (χ0) is 61.1. The highest BCUT2D eigenvalue weighted by atomic mass is 79.9. The van der Waals surface area contributed by atoms with Gasteiger partial charge < -0.3 is 0 Å². The van der Waals surface area contributed by atoms with E-state index in [0.29, 0.717) is 43.6 Å². The molecule has 0 radical (unpaired) electrons. The highest BCUT2D eigenvalue weighted by Gasteiger charge is 2.17. The van der Waals surface area contributed by atoms with Crippen molar-refractivity contribution in [2.24, 2.45) is 0 Å². The number of aromatic amines is 4. The molecule has 0 spiro atoms. The molecule has 0 unspecified atom stereocenters. The summed E-state index contributed by atoms with van der Waals surface area (Å²) in [6.07, 6.45) is 11.5. The molecule has 11 aromatic heterocycles. The van der Waals surface area contributed by atoms with Crippen LogP contribution in [0.1, 0.15) is 33.8 Å². The number of nitrogens with one attached hydrogen (secondary N) is 4. The van der Waals surface area contributed by atoms with Crippen molar-refractivity contribution in [3.05, 3.63) is 262 Å². The third kappa shape index (κ3) is 10.6. The Kier molecular flexibility index (Phi) is 14.6. The molecule has 16 aromatic rings. The van der Waals surface area contributed by atoms with E-state index in [4.69, 9.17) is 11.6 Å². The van der Waals surface area contributed by atoms with E-state index >= 15 is 0 Å². The average molecular weight is 1250 g/mol. The molecule has 0 atom stereocenters. The summed E-state index contributed by atoms with van der Waals surface area (Å²) in [5.74, 6) is 0. The van der Waals surface area contributed by atoms with Crippen molar-refractivity contribution in [3.8, 4) is 22.7 Å². The number of fused-ring (bicyclic) bond motifs is 12. The van der Waals surface area contributed by atoms with Crippen molar-refractivity contribution in [3.63, 3.8) is 0 Å². The molecule has 88 heavy (non-hydrogen) atoms. The van der Waals surface area contributed by atoms with Crippen LogP contribution in [-0.4, -0.2) is 74.0 Å². The summed E-state index contributed by atoms with van der Waals surface area (Å²) in [6, 6.07) is 42.4. The van der Waals surface area contributed by atoms with E-state index in [1.165, 1.54) is 14.0 Å². The van der Waals surface area contributed by atoms with Crippen molar-refractivity contribution in [2.45, 2.75) is 41.5 Å². The summed E-state index contributed by atoms with van der Waals surface area (Å²) in [5.41, 5.74) is 15.1. The zero-order valence-corrected chi connectivity index (χ0v) is 50.4. The maximum absolute atomic E-state index is 12.6. The molecule has 5 aromatic carbocycles. The minimum atomic E-state index is -0.157. The molecule has 432 valence electrons. The van der Waals surface area contributed by atoms with Crippen molar-refractivity contribution in [1.82, 2.24) is 74.0 Å². The second-order valence-electron chi connectivity index (χ2n) is 21.4. The van der Waals surface area contributed by atoms with Crippen LogP contribution in [0.15, 0.2) is 200 Å². The number of aryl methyl sites for hydroxylation is 6. The number of rotatable bonds is 4. The summed E-state index contributed by atoms with van der Waals surface area (Å²) in [5, 5.41) is 19.2. The molecule has 11 heterocycles. The van der Waals surface area contributed by atoms with Crippen LogP contribution in [-0.2, 0) is 0 Å². The largest absolute Gasteiger partial charge is 0.290 e.